The van der Waals surface area contributed by atoms with Crippen LogP contribution in [0.25, 0.3) is 0 Å². The molecule has 0 aliphatic carbocycles. The zero-order chi connectivity index (χ0) is 17.8. The van der Waals surface area contributed by atoms with Crippen LogP contribution in [0.3, 0.4) is 0 Å². The molecule has 0 unspecified atom stereocenters. The molecule has 0 amide bonds. The number of hydrogen-bond donors (Lipinski definition) is 0. The third-order valence-corrected chi connectivity index (χ3v) is 5.21. The maximum absolute atomic E-state index is 5.88. The number of hydrogen-bond acceptors (Lipinski definition) is 5. The van der Waals surface area contributed by atoms with E-state index in [2.05, 4.69) is 39.0 Å². The Morgan fingerprint density at radius 3 is 2.96 bits per heavy atom. The van der Waals surface area contributed by atoms with Crippen molar-refractivity contribution in [2.24, 2.45) is 0 Å². The van der Waals surface area contributed by atoms with Crippen LogP contribution in [0.1, 0.15) is 11.3 Å². The Kier molecular flexibility index (Phi) is 5.37. The summed E-state index contributed by atoms with van der Waals surface area (Å²) in [6.07, 6.45) is 3.07. The van der Waals surface area contributed by atoms with Crippen molar-refractivity contribution in [1.82, 2.24) is 9.88 Å². The van der Waals surface area contributed by atoms with E-state index in [-0.39, 0.29) is 6.10 Å². The SMILES string of the molecule is Cc1ccc(OC[C@H]2CN(CCN3CCc4ccccc43)CCO2)cn1. The molecule has 138 valence electrons. The van der Waals surface area contributed by atoms with Crippen LogP contribution < -0.4 is 9.64 Å². The molecule has 2 aliphatic heterocycles. The minimum Gasteiger partial charge on any atom is -0.489 e. The predicted octanol–water partition coefficient (Wildman–Crippen LogP) is 2.53. The van der Waals surface area contributed by atoms with E-state index in [9.17, 15) is 0 Å². The van der Waals surface area contributed by atoms with Gasteiger partial charge >= 0.3 is 0 Å². The molecule has 4 rings (SSSR count). The molecule has 0 N–H and O–H groups in total. The second kappa shape index (κ2) is 8.06. The smallest absolute Gasteiger partial charge is 0.137 e. The third kappa shape index (κ3) is 4.17. The molecule has 26 heavy (non-hydrogen) atoms. The monoisotopic (exact) mass is 353 g/mol. The molecule has 1 saturated heterocycles. The lowest BCUT2D eigenvalue weighted by atomic mass is 10.2. The van der Waals surface area contributed by atoms with E-state index in [0.29, 0.717) is 6.61 Å². The highest BCUT2D eigenvalue weighted by Crippen LogP contribution is 2.27. The topological polar surface area (TPSA) is 37.8 Å². The highest BCUT2D eigenvalue weighted by atomic mass is 16.5. The summed E-state index contributed by atoms with van der Waals surface area (Å²) in [6.45, 7) is 8.53. The van der Waals surface area contributed by atoms with Gasteiger partial charge in [-0.2, -0.15) is 0 Å². The van der Waals surface area contributed by atoms with E-state index >= 15 is 0 Å². The molecule has 5 heteroatoms. The van der Waals surface area contributed by atoms with Crippen LogP contribution in [0.4, 0.5) is 5.69 Å². The molecule has 0 radical (unpaired) electrons. The van der Waals surface area contributed by atoms with Gasteiger partial charge < -0.3 is 14.4 Å². The Morgan fingerprint density at radius 2 is 2.08 bits per heavy atom. The van der Waals surface area contributed by atoms with Gasteiger partial charge in [0, 0.05) is 44.1 Å². The minimum atomic E-state index is 0.121. The molecule has 2 aromatic rings. The fourth-order valence-corrected chi connectivity index (χ4v) is 3.71. The number of para-hydroxylation sites is 1. The normalized spacial score (nSPS) is 20.2. The molecule has 1 aromatic carbocycles. The van der Waals surface area contributed by atoms with Crippen molar-refractivity contribution >= 4 is 5.69 Å². The first-order valence-corrected chi connectivity index (χ1v) is 9.50. The molecule has 5 nitrogen and oxygen atoms in total. The van der Waals surface area contributed by atoms with Gasteiger partial charge in [-0.15, -0.1) is 0 Å². The van der Waals surface area contributed by atoms with Crippen LogP contribution in [-0.4, -0.2) is 61.9 Å². The molecule has 0 spiro atoms. The fourth-order valence-electron chi connectivity index (χ4n) is 3.71. The zero-order valence-electron chi connectivity index (χ0n) is 15.4. The largest absolute Gasteiger partial charge is 0.489 e. The maximum Gasteiger partial charge on any atom is 0.137 e. The van der Waals surface area contributed by atoms with Crippen molar-refractivity contribution in [2.75, 3.05) is 50.8 Å². The number of aromatic nitrogens is 1. The third-order valence-electron chi connectivity index (χ3n) is 5.21. The molecular weight excluding hydrogens is 326 g/mol. The Balaban J connectivity index is 1.24. The van der Waals surface area contributed by atoms with Gasteiger partial charge in [0.15, 0.2) is 0 Å². The summed E-state index contributed by atoms with van der Waals surface area (Å²) < 4.78 is 11.7. The van der Waals surface area contributed by atoms with Gasteiger partial charge in [-0.1, -0.05) is 18.2 Å². The maximum atomic E-state index is 5.88. The van der Waals surface area contributed by atoms with Gasteiger partial charge in [-0.25, -0.2) is 0 Å². The second-order valence-corrected chi connectivity index (χ2v) is 7.11. The summed E-state index contributed by atoms with van der Waals surface area (Å²) in [5.74, 6) is 0.810. The molecule has 3 heterocycles. The van der Waals surface area contributed by atoms with Crippen LogP contribution in [0.15, 0.2) is 42.6 Å². The number of morpholine rings is 1. The summed E-state index contributed by atoms with van der Waals surface area (Å²) in [6, 6.07) is 12.7. The van der Waals surface area contributed by atoms with Crippen LogP contribution in [0, 0.1) is 6.92 Å². The van der Waals surface area contributed by atoms with E-state index in [1.54, 1.807) is 6.20 Å². The van der Waals surface area contributed by atoms with Crippen molar-refractivity contribution in [2.45, 2.75) is 19.4 Å². The number of aryl methyl sites for hydroxylation is 1. The average Bonchev–Trinajstić information content (AvgIpc) is 3.09. The van der Waals surface area contributed by atoms with E-state index < -0.39 is 0 Å². The summed E-state index contributed by atoms with van der Waals surface area (Å²) in [5, 5.41) is 0. The molecule has 1 aromatic heterocycles. The lowest BCUT2D eigenvalue weighted by Gasteiger charge is -2.34. The predicted molar refractivity (Wildman–Crippen MR) is 103 cm³/mol. The molecule has 1 fully saturated rings. The number of anilines is 1. The fraction of sp³-hybridized carbons (Fsp3) is 0.476. The number of fused-ring (bicyclic) bond motifs is 1. The first kappa shape index (κ1) is 17.3. The summed E-state index contributed by atoms with van der Waals surface area (Å²) in [4.78, 5) is 9.27. The summed E-state index contributed by atoms with van der Waals surface area (Å²) >= 11 is 0. The number of pyridine rings is 1. The molecular formula is C21H27N3O2. The Bertz CT molecular complexity index is 719. The van der Waals surface area contributed by atoms with E-state index in [0.717, 1.165) is 50.8 Å². The van der Waals surface area contributed by atoms with Crippen molar-refractivity contribution in [3.63, 3.8) is 0 Å². The van der Waals surface area contributed by atoms with Crippen LogP contribution >= 0.6 is 0 Å². The second-order valence-electron chi connectivity index (χ2n) is 7.11. The quantitative estimate of drug-likeness (QED) is 0.798. The molecule has 1 atom stereocenters. The molecule has 2 aliphatic rings. The van der Waals surface area contributed by atoms with Gasteiger partial charge in [0.05, 0.1) is 12.8 Å². The van der Waals surface area contributed by atoms with Crippen LogP contribution in [0.5, 0.6) is 5.75 Å². The van der Waals surface area contributed by atoms with E-state index in [1.165, 1.54) is 17.7 Å². The number of ether oxygens (including phenoxy) is 2. The summed E-state index contributed by atoms with van der Waals surface area (Å²) in [7, 11) is 0. The minimum absolute atomic E-state index is 0.121. The van der Waals surface area contributed by atoms with Crippen molar-refractivity contribution in [3.8, 4) is 5.75 Å². The van der Waals surface area contributed by atoms with Crippen molar-refractivity contribution in [3.05, 3.63) is 53.9 Å². The lowest BCUT2D eigenvalue weighted by Crippen LogP contribution is -2.47. The first-order chi connectivity index (χ1) is 12.8. The highest BCUT2D eigenvalue weighted by molar-refractivity contribution is 5.57. The first-order valence-electron chi connectivity index (χ1n) is 9.50. The highest BCUT2D eigenvalue weighted by Gasteiger charge is 2.23. The van der Waals surface area contributed by atoms with Gasteiger partial charge in [-0.3, -0.25) is 9.88 Å². The Labute approximate surface area is 155 Å². The lowest BCUT2D eigenvalue weighted by molar-refractivity contribution is -0.0471. The molecule has 0 bridgehead atoms. The van der Waals surface area contributed by atoms with Gasteiger partial charge in [0.1, 0.15) is 18.5 Å². The van der Waals surface area contributed by atoms with Crippen LogP contribution in [0.2, 0.25) is 0 Å². The van der Waals surface area contributed by atoms with Crippen molar-refractivity contribution < 1.29 is 9.47 Å². The Hall–Kier alpha value is -2.11. The summed E-state index contributed by atoms with van der Waals surface area (Å²) in [5.41, 5.74) is 3.89. The Morgan fingerprint density at radius 1 is 1.15 bits per heavy atom. The van der Waals surface area contributed by atoms with Crippen LogP contribution in [-0.2, 0) is 11.2 Å². The van der Waals surface area contributed by atoms with E-state index in [1.807, 2.05) is 19.1 Å². The van der Waals surface area contributed by atoms with Crippen molar-refractivity contribution in [1.29, 1.82) is 0 Å². The number of rotatable bonds is 6. The number of benzene rings is 1. The average molecular weight is 353 g/mol. The van der Waals surface area contributed by atoms with Gasteiger partial charge in [0.25, 0.3) is 0 Å². The molecule has 0 saturated carbocycles. The van der Waals surface area contributed by atoms with Gasteiger partial charge in [-0.05, 0) is 37.1 Å². The van der Waals surface area contributed by atoms with Gasteiger partial charge in [0.2, 0.25) is 0 Å². The standard InChI is InChI=1S/C21H27N3O2/c1-17-6-7-19(14-22-17)26-16-20-15-23(12-13-25-20)10-11-24-9-8-18-4-2-3-5-21(18)24/h2-7,14,20H,8-13,15-16H2,1H3/t20-/m1/s1. The zero-order valence-corrected chi connectivity index (χ0v) is 15.4. The van der Waals surface area contributed by atoms with E-state index in [4.69, 9.17) is 9.47 Å². The number of nitrogens with zero attached hydrogens (tertiary/aromatic N) is 3.